The highest BCUT2D eigenvalue weighted by atomic mass is 16.1. The number of hydrogen-bond donors (Lipinski definition) is 0. The van der Waals surface area contributed by atoms with E-state index in [1.54, 1.807) is 0 Å². The number of carbonyl (C=O) groups excluding carboxylic acids is 1. The molecular formula is C11H21O. The van der Waals surface area contributed by atoms with Crippen molar-refractivity contribution < 1.29 is 4.79 Å². The monoisotopic (exact) mass is 169 g/mol. The van der Waals surface area contributed by atoms with Gasteiger partial charge in [-0.15, -0.1) is 0 Å². The zero-order valence-corrected chi connectivity index (χ0v) is 8.44. The Morgan fingerprint density at radius 3 is 2.33 bits per heavy atom. The molecule has 0 spiro atoms. The first kappa shape index (κ1) is 11.7. The molecule has 1 nitrogen and oxygen atoms in total. The van der Waals surface area contributed by atoms with Crippen molar-refractivity contribution in [3.63, 3.8) is 0 Å². The number of ketones is 1. The minimum atomic E-state index is 0.344. The summed E-state index contributed by atoms with van der Waals surface area (Å²) in [5.74, 6) is 0.344. The lowest BCUT2D eigenvalue weighted by molar-refractivity contribution is -0.116. The maximum atomic E-state index is 11.1. The van der Waals surface area contributed by atoms with Crippen LogP contribution in [0.1, 0.15) is 58.8 Å². The summed E-state index contributed by atoms with van der Waals surface area (Å²) in [6.45, 7) is 4.31. The topological polar surface area (TPSA) is 17.1 Å². The average molecular weight is 169 g/mol. The van der Waals surface area contributed by atoms with E-state index in [2.05, 4.69) is 13.8 Å². The molecule has 0 aromatic rings. The van der Waals surface area contributed by atoms with Gasteiger partial charge in [-0.3, -0.25) is 4.79 Å². The van der Waals surface area contributed by atoms with Gasteiger partial charge in [0.25, 0.3) is 0 Å². The van der Waals surface area contributed by atoms with Gasteiger partial charge < -0.3 is 0 Å². The van der Waals surface area contributed by atoms with Crippen LogP contribution in [0, 0.1) is 6.42 Å². The summed E-state index contributed by atoms with van der Waals surface area (Å²) in [4.78, 5) is 11.1. The van der Waals surface area contributed by atoms with E-state index in [0.29, 0.717) is 5.78 Å². The molecule has 0 saturated carbocycles. The average Bonchev–Trinajstić information content (AvgIpc) is 2.06. The van der Waals surface area contributed by atoms with Crippen molar-refractivity contribution >= 4 is 5.78 Å². The van der Waals surface area contributed by atoms with E-state index in [4.69, 9.17) is 0 Å². The molecule has 0 aliphatic heterocycles. The molecule has 0 heterocycles. The molecule has 0 atom stereocenters. The molecule has 0 aromatic carbocycles. The molecule has 0 aromatic heterocycles. The van der Waals surface area contributed by atoms with Gasteiger partial charge in [0.2, 0.25) is 0 Å². The van der Waals surface area contributed by atoms with Crippen LogP contribution in [-0.4, -0.2) is 5.78 Å². The van der Waals surface area contributed by atoms with Crippen LogP contribution in [0.5, 0.6) is 0 Å². The van der Waals surface area contributed by atoms with Crippen molar-refractivity contribution in [1.82, 2.24) is 0 Å². The zero-order valence-electron chi connectivity index (χ0n) is 8.44. The van der Waals surface area contributed by atoms with Gasteiger partial charge >= 0.3 is 0 Å². The molecule has 0 rings (SSSR count). The number of Topliss-reactive ketones (excluding diaryl/α,β-unsaturated/α-hetero) is 1. The van der Waals surface area contributed by atoms with E-state index >= 15 is 0 Å². The van der Waals surface area contributed by atoms with Gasteiger partial charge in [0.05, 0.1) is 0 Å². The van der Waals surface area contributed by atoms with E-state index in [-0.39, 0.29) is 0 Å². The number of rotatable bonds is 8. The second kappa shape index (κ2) is 8.76. The lowest BCUT2D eigenvalue weighted by atomic mass is 10.1. The normalized spacial score (nSPS) is 10.2. The lowest BCUT2D eigenvalue weighted by Crippen LogP contribution is -1.98. The highest BCUT2D eigenvalue weighted by Gasteiger charge is 2.00. The molecule has 0 saturated heterocycles. The fraction of sp³-hybridized carbons (Fsp3) is 0.818. The van der Waals surface area contributed by atoms with Gasteiger partial charge in [-0.05, 0) is 12.8 Å². The molecule has 0 bridgehead atoms. The van der Waals surface area contributed by atoms with Gasteiger partial charge in [-0.25, -0.2) is 0 Å². The lowest BCUT2D eigenvalue weighted by Gasteiger charge is -1.98. The minimum absolute atomic E-state index is 0.344. The molecule has 12 heavy (non-hydrogen) atoms. The van der Waals surface area contributed by atoms with Gasteiger partial charge in [0.1, 0.15) is 5.78 Å². The predicted octanol–water partition coefficient (Wildman–Crippen LogP) is 3.53. The van der Waals surface area contributed by atoms with E-state index in [1.807, 2.05) is 6.42 Å². The summed E-state index contributed by atoms with van der Waals surface area (Å²) in [5.41, 5.74) is 0. The smallest absolute Gasteiger partial charge is 0.136 e. The van der Waals surface area contributed by atoms with Gasteiger partial charge in [0.15, 0.2) is 0 Å². The molecule has 0 aliphatic rings. The van der Waals surface area contributed by atoms with E-state index in [0.717, 1.165) is 25.7 Å². The van der Waals surface area contributed by atoms with Crippen molar-refractivity contribution in [1.29, 1.82) is 0 Å². The Kier molecular flexibility index (Phi) is 8.52. The first-order chi connectivity index (χ1) is 5.81. The zero-order chi connectivity index (χ0) is 9.23. The standard InChI is InChI=1S/C11H21O/c1-3-5-7-9-11(12)10-8-6-4-2/h9H,3-8,10H2,1-2H3. The van der Waals surface area contributed by atoms with E-state index in [1.165, 1.54) is 19.3 Å². The molecule has 0 amide bonds. The Balaban J connectivity index is 3.10. The molecule has 0 aliphatic carbocycles. The Morgan fingerprint density at radius 2 is 1.75 bits per heavy atom. The van der Waals surface area contributed by atoms with E-state index < -0.39 is 0 Å². The largest absolute Gasteiger partial charge is 0.299 e. The molecule has 1 radical (unpaired) electrons. The van der Waals surface area contributed by atoms with Crippen LogP contribution >= 0.6 is 0 Å². The summed E-state index contributed by atoms with van der Waals surface area (Å²) < 4.78 is 0. The Labute approximate surface area is 76.6 Å². The van der Waals surface area contributed by atoms with Crippen molar-refractivity contribution in [2.45, 2.75) is 58.8 Å². The summed E-state index contributed by atoms with van der Waals surface area (Å²) in [6.07, 6.45) is 9.38. The second-order valence-electron chi connectivity index (χ2n) is 3.27. The fourth-order valence-electron chi connectivity index (χ4n) is 1.12. The summed E-state index contributed by atoms with van der Waals surface area (Å²) in [6, 6.07) is 0. The Hall–Kier alpha value is -0.330. The summed E-state index contributed by atoms with van der Waals surface area (Å²) in [5, 5.41) is 0. The third-order valence-corrected chi connectivity index (χ3v) is 1.96. The summed E-state index contributed by atoms with van der Waals surface area (Å²) >= 11 is 0. The van der Waals surface area contributed by atoms with Gasteiger partial charge in [-0.2, -0.15) is 0 Å². The van der Waals surface area contributed by atoms with Crippen LogP contribution in [0.3, 0.4) is 0 Å². The molecule has 0 unspecified atom stereocenters. The van der Waals surface area contributed by atoms with Crippen LogP contribution in [0.25, 0.3) is 0 Å². The highest BCUT2D eigenvalue weighted by molar-refractivity contribution is 5.86. The Bertz CT molecular complexity index is 95.6. The second-order valence-corrected chi connectivity index (χ2v) is 3.27. The maximum Gasteiger partial charge on any atom is 0.136 e. The van der Waals surface area contributed by atoms with Crippen molar-refractivity contribution in [2.75, 3.05) is 0 Å². The molecule has 71 valence electrons. The van der Waals surface area contributed by atoms with Crippen molar-refractivity contribution in [2.24, 2.45) is 0 Å². The summed E-state index contributed by atoms with van der Waals surface area (Å²) in [7, 11) is 0. The number of unbranched alkanes of at least 4 members (excludes halogenated alkanes) is 4. The van der Waals surface area contributed by atoms with Crippen LogP contribution in [-0.2, 0) is 4.79 Å². The van der Waals surface area contributed by atoms with Gasteiger partial charge in [0, 0.05) is 12.8 Å². The van der Waals surface area contributed by atoms with E-state index in [9.17, 15) is 4.79 Å². The Morgan fingerprint density at radius 1 is 1.08 bits per heavy atom. The molecule has 0 N–H and O–H groups in total. The van der Waals surface area contributed by atoms with Crippen molar-refractivity contribution in [3.8, 4) is 0 Å². The third-order valence-electron chi connectivity index (χ3n) is 1.96. The van der Waals surface area contributed by atoms with Crippen LogP contribution < -0.4 is 0 Å². The predicted molar refractivity (Wildman–Crippen MR) is 53.0 cm³/mol. The fourth-order valence-corrected chi connectivity index (χ4v) is 1.12. The third kappa shape index (κ3) is 7.77. The van der Waals surface area contributed by atoms with Crippen molar-refractivity contribution in [3.05, 3.63) is 6.42 Å². The molecule has 0 fully saturated rings. The number of hydrogen-bond acceptors (Lipinski definition) is 1. The highest BCUT2D eigenvalue weighted by Crippen LogP contribution is 2.05. The van der Waals surface area contributed by atoms with Crippen LogP contribution in [0.4, 0.5) is 0 Å². The number of carbonyl (C=O) groups is 1. The first-order valence-corrected chi connectivity index (χ1v) is 5.17. The maximum absolute atomic E-state index is 11.1. The SMILES string of the molecule is CCCC[CH]C(=O)CCCCC. The van der Waals surface area contributed by atoms with Crippen LogP contribution in [0.15, 0.2) is 0 Å². The molecular weight excluding hydrogens is 148 g/mol. The first-order valence-electron chi connectivity index (χ1n) is 5.17. The van der Waals surface area contributed by atoms with Gasteiger partial charge in [-0.1, -0.05) is 39.5 Å². The van der Waals surface area contributed by atoms with Crippen LogP contribution in [0.2, 0.25) is 0 Å². The minimum Gasteiger partial charge on any atom is -0.299 e. The molecule has 1 heteroatoms. The quantitative estimate of drug-likeness (QED) is 0.508.